The Kier molecular flexibility index (Phi) is 9.78. The Morgan fingerprint density at radius 2 is 1.32 bits per heavy atom. The molecule has 0 aliphatic rings. The molecule has 3 aromatic carbocycles. The van der Waals surface area contributed by atoms with Gasteiger partial charge >= 0.3 is 12.1 Å². The Morgan fingerprint density at radius 1 is 0.765 bits per heavy atom. The summed E-state index contributed by atoms with van der Waals surface area (Å²) in [4.78, 5) is 31.6. The summed E-state index contributed by atoms with van der Waals surface area (Å²) in [5.74, 6) is -0.137. The molecule has 5 nitrogen and oxygen atoms in total. The van der Waals surface area contributed by atoms with E-state index in [4.69, 9.17) is 14.3 Å². The van der Waals surface area contributed by atoms with Crippen LogP contribution in [0.25, 0.3) is 11.1 Å². The molecule has 0 fully saturated rings. The number of hydrogen-bond donors (Lipinski definition) is 0. The van der Waals surface area contributed by atoms with E-state index in [1.54, 1.807) is 0 Å². The average Bonchev–Trinajstić information content (AvgIpc) is 2.77. The zero-order valence-electron chi connectivity index (χ0n) is 20.7. The van der Waals surface area contributed by atoms with Crippen molar-refractivity contribution in [3.63, 3.8) is 0 Å². The predicted octanol–water partition coefficient (Wildman–Crippen LogP) is 6.50. The monoisotopic (exact) mass is 459 g/mol. The van der Waals surface area contributed by atoms with E-state index < -0.39 is 6.04 Å². The molecule has 0 bridgehead atoms. The number of carbonyl (C=O) groups is 1. The molecule has 3 rings (SSSR count). The summed E-state index contributed by atoms with van der Waals surface area (Å²) >= 11 is 0. The molecule has 5 heteroatoms. The first-order chi connectivity index (χ1) is 16.2. The number of anilines is 2. The molecule has 0 saturated heterocycles. The fourth-order valence-electron chi connectivity index (χ4n) is 4.00. The third-order valence-corrected chi connectivity index (χ3v) is 5.22. The number of ether oxygens (including phenoxy) is 1. The fraction of sp³-hybridized carbons (Fsp3) is 0.310. The highest BCUT2D eigenvalue weighted by Crippen LogP contribution is 2.35. The van der Waals surface area contributed by atoms with E-state index in [2.05, 4.69) is 87.2 Å². The molecule has 1 unspecified atom stereocenters. The van der Waals surface area contributed by atoms with Gasteiger partial charge in [-0.3, -0.25) is 0 Å². The van der Waals surface area contributed by atoms with Crippen LogP contribution in [0.4, 0.5) is 11.4 Å². The topological polar surface area (TPSA) is 63.7 Å². The van der Waals surface area contributed by atoms with E-state index >= 15 is 0 Å². The first-order valence-electron chi connectivity index (χ1n) is 11.4. The van der Waals surface area contributed by atoms with Crippen LogP contribution in [0.1, 0.15) is 38.8 Å². The van der Waals surface area contributed by atoms with Gasteiger partial charge in [-0.05, 0) is 80.1 Å². The maximum atomic E-state index is 13.2. The number of nitrogens with zero attached hydrogens (tertiary/aromatic N) is 1. The van der Waals surface area contributed by atoms with Crippen LogP contribution in [0.3, 0.4) is 0 Å². The van der Waals surface area contributed by atoms with E-state index in [1.807, 2.05) is 32.0 Å². The summed E-state index contributed by atoms with van der Waals surface area (Å²) in [6, 6.07) is 24.7. The molecule has 0 spiro atoms. The highest BCUT2D eigenvalue weighted by molar-refractivity contribution is 5.85. The van der Waals surface area contributed by atoms with Crippen LogP contribution in [0.2, 0.25) is 0 Å². The van der Waals surface area contributed by atoms with Crippen LogP contribution in [0.15, 0.2) is 72.8 Å². The van der Waals surface area contributed by atoms with Crippen molar-refractivity contribution in [3.05, 3.63) is 83.9 Å². The molecule has 0 saturated carbocycles. The number of hydrogen-bond acceptors (Lipinski definition) is 5. The van der Waals surface area contributed by atoms with Crippen molar-refractivity contribution in [2.75, 3.05) is 4.90 Å². The second-order valence-electron chi connectivity index (χ2n) is 8.89. The van der Waals surface area contributed by atoms with Crippen molar-refractivity contribution in [2.24, 2.45) is 5.92 Å². The Balaban J connectivity index is 0.00000129. The molecule has 0 heterocycles. The number of carbonyl (C=O) groups excluding carboxylic acids is 3. The van der Waals surface area contributed by atoms with Gasteiger partial charge in [0.25, 0.3) is 0 Å². The van der Waals surface area contributed by atoms with Crippen molar-refractivity contribution in [1.82, 2.24) is 0 Å². The highest BCUT2D eigenvalue weighted by Gasteiger charge is 2.33. The van der Waals surface area contributed by atoms with Crippen LogP contribution in [-0.4, -0.2) is 24.3 Å². The van der Waals surface area contributed by atoms with Crippen molar-refractivity contribution in [3.8, 4) is 11.1 Å². The van der Waals surface area contributed by atoms with Gasteiger partial charge in [0.05, 0.1) is 6.10 Å². The van der Waals surface area contributed by atoms with E-state index in [0.29, 0.717) is 0 Å². The van der Waals surface area contributed by atoms with Gasteiger partial charge < -0.3 is 9.64 Å². The van der Waals surface area contributed by atoms with Crippen LogP contribution in [-0.2, 0) is 19.1 Å². The minimum absolute atomic E-state index is 0.0625. The molecule has 0 aromatic heterocycles. The predicted molar refractivity (Wildman–Crippen MR) is 135 cm³/mol. The van der Waals surface area contributed by atoms with Crippen molar-refractivity contribution in [2.45, 2.75) is 53.7 Å². The normalized spacial score (nSPS) is 11.3. The highest BCUT2D eigenvalue weighted by atomic mass is 16.5. The summed E-state index contributed by atoms with van der Waals surface area (Å²) < 4.78 is 5.69. The molecule has 34 heavy (non-hydrogen) atoms. The van der Waals surface area contributed by atoms with Crippen molar-refractivity contribution in [1.29, 1.82) is 0 Å². The number of benzene rings is 3. The molecule has 178 valence electrons. The zero-order chi connectivity index (χ0) is 25.3. The Morgan fingerprint density at radius 3 is 1.85 bits per heavy atom. The minimum atomic E-state index is -0.436. The molecule has 0 aliphatic heterocycles. The molecule has 0 amide bonds. The molecule has 0 radical (unpaired) electrons. The molecular formula is C29H33NO4. The van der Waals surface area contributed by atoms with Gasteiger partial charge in [-0.2, -0.15) is 9.59 Å². The first-order valence-corrected chi connectivity index (χ1v) is 11.4. The summed E-state index contributed by atoms with van der Waals surface area (Å²) in [5, 5.41) is 0. The molecular weight excluding hydrogens is 426 g/mol. The van der Waals surface area contributed by atoms with E-state index in [0.717, 1.165) is 22.5 Å². The number of esters is 1. The van der Waals surface area contributed by atoms with Crippen LogP contribution in [0.5, 0.6) is 0 Å². The van der Waals surface area contributed by atoms with Gasteiger partial charge in [0.1, 0.15) is 6.04 Å². The molecule has 0 aliphatic carbocycles. The van der Waals surface area contributed by atoms with Crippen LogP contribution < -0.4 is 4.90 Å². The molecule has 3 aromatic rings. The molecule has 1 atom stereocenters. The average molecular weight is 460 g/mol. The lowest BCUT2D eigenvalue weighted by Crippen LogP contribution is -2.44. The molecule has 0 N–H and O–H groups in total. The Labute approximate surface area is 202 Å². The third kappa shape index (κ3) is 7.16. The second kappa shape index (κ2) is 12.5. The lowest BCUT2D eigenvalue weighted by Gasteiger charge is -2.35. The first kappa shape index (κ1) is 26.6. The summed E-state index contributed by atoms with van der Waals surface area (Å²) in [6.45, 7) is 12.1. The van der Waals surface area contributed by atoms with E-state index in [1.165, 1.54) is 11.1 Å². The van der Waals surface area contributed by atoms with Gasteiger partial charge in [-0.25, -0.2) is 4.79 Å². The van der Waals surface area contributed by atoms with E-state index in [-0.39, 0.29) is 24.1 Å². The largest absolute Gasteiger partial charge is 0.461 e. The fourth-order valence-corrected chi connectivity index (χ4v) is 4.00. The van der Waals surface area contributed by atoms with Crippen molar-refractivity contribution >= 4 is 23.5 Å². The lowest BCUT2D eigenvalue weighted by molar-refractivity contribution is -0.191. The standard InChI is InChI=1S/C28H33NO2.CO2/c1-19(2)27(28(30)31-20(3)4)29(26-16-21(5)15-22(6)17-26)25-14-10-13-24(18-25)23-11-8-7-9-12-23;2-1-3/h7-20,27H,1-6H3;. The quantitative estimate of drug-likeness (QED) is 0.377. The van der Waals surface area contributed by atoms with Gasteiger partial charge in [0, 0.05) is 11.4 Å². The lowest BCUT2D eigenvalue weighted by atomic mass is 9.98. The summed E-state index contributed by atoms with van der Waals surface area (Å²) in [7, 11) is 0. The Bertz CT molecular complexity index is 1100. The third-order valence-electron chi connectivity index (χ3n) is 5.22. The van der Waals surface area contributed by atoms with Crippen LogP contribution >= 0.6 is 0 Å². The summed E-state index contributed by atoms with van der Waals surface area (Å²) in [5.41, 5.74) is 6.58. The van der Waals surface area contributed by atoms with Gasteiger partial charge in [-0.1, -0.05) is 62.4 Å². The second-order valence-corrected chi connectivity index (χ2v) is 8.89. The van der Waals surface area contributed by atoms with Crippen molar-refractivity contribution < 1.29 is 19.1 Å². The van der Waals surface area contributed by atoms with E-state index in [9.17, 15) is 4.79 Å². The zero-order valence-corrected chi connectivity index (χ0v) is 20.7. The maximum absolute atomic E-state index is 13.2. The SMILES string of the molecule is Cc1cc(C)cc(N(c2cccc(-c3ccccc3)c2)C(C(=O)OC(C)C)C(C)C)c1.O=C=O. The smallest absolute Gasteiger partial charge is 0.373 e. The number of rotatable bonds is 7. The van der Waals surface area contributed by atoms with Gasteiger partial charge in [-0.15, -0.1) is 0 Å². The Hall–Kier alpha value is -3.69. The van der Waals surface area contributed by atoms with Gasteiger partial charge in [0.2, 0.25) is 0 Å². The summed E-state index contributed by atoms with van der Waals surface area (Å²) in [6.07, 6.45) is 0.0884. The van der Waals surface area contributed by atoms with Gasteiger partial charge in [0.15, 0.2) is 0 Å². The number of aryl methyl sites for hydroxylation is 2. The minimum Gasteiger partial charge on any atom is -0.461 e. The van der Waals surface area contributed by atoms with Crippen LogP contribution in [0, 0.1) is 19.8 Å². The maximum Gasteiger partial charge on any atom is 0.373 e.